The summed E-state index contributed by atoms with van der Waals surface area (Å²) in [5.74, 6) is 0.312. The van der Waals surface area contributed by atoms with Crippen molar-refractivity contribution >= 4 is 5.91 Å². The van der Waals surface area contributed by atoms with E-state index < -0.39 is 0 Å². The molecule has 1 fully saturated rings. The van der Waals surface area contributed by atoms with Gasteiger partial charge < -0.3 is 15.2 Å². The highest BCUT2D eigenvalue weighted by Crippen LogP contribution is 2.26. The van der Waals surface area contributed by atoms with Crippen LogP contribution < -0.4 is 5.32 Å². The zero-order valence-electron chi connectivity index (χ0n) is 12.0. The average molecular weight is 277 g/mol. The van der Waals surface area contributed by atoms with Gasteiger partial charge in [0.05, 0.1) is 19.3 Å². The van der Waals surface area contributed by atoms with E-state index in [4.69, 9.17) is 9.84 Å². The van der Waals surface area contributed by atoms with E-state index >= 15 is 0 Å². The third kappa shape index (κ3) is 4.05. The summed E-state index contributed by atoms with van der Waals surface area (Å²) < 4.78 is 5.63. The third-order valence-electron chi connectivity index (χ3n) is 3.80. The highest BCUT2D eigenvalue weighted by atomic mass is 16.5. The van der Waals surface area contributed by atoms with Gasteiger partial charge in [-0.3, -0.25) is 4.79 Å². The number of carbonyl (C=O) groups is 1. The Morgan fingerprint density at radius 3 is 2.65 bits per heavy atom. The van der Waals surface area contributed by atoms with Gasteiger partial charge in [-0.25, -0.2) is 0 Å². The van der Waals surface area contributed by atoms with Gasteiger partial charge in [0.15, 0.2) is 0 Å². The first-order valence-electron chi connectivity index (χ1n) is 7.27. The number of aryl methyl sites for hydroxylation is 1. The van der Waals surface area contributed by atoms with Crippen molar-refractivity contribution in [3.05, 3.63) is 35.4 Å². The summed E-state index contributed by atoms with van der Waals surface area (Å²) in [7, 11) is 0. The van der Waals surface area contributed by atoms with Crippen molar-refractivity contribution in [3.63, 3.8) is 0 Å². The predicted octanol–water partition coefficient (Wildman–Crippen LogP) is 1.96. The Morgan fingerprint density at radius 2 is 2.10 bits per heavy atom. The molecule has 1 saturated carbocycles. The van der Waals surface area contributed by atoms with Crippen LogP contribution in [0.25, 0.3) is 0 Å². The molecule has 0 spiro atoms. The van der Waals surface area contributed by atoms with Gasteiger partial charge in [0.2, 0.25) is 5.91 Å². The average Bonchev–Trinajstić information content (AvgIpc) is 2.38. The minimum absolute atomic E-state index is 0.0149. The topological polar surface area (TPSA) is 58.6 Å². The van der Waals surface area contributed by atoms with Crippen LogP contribution >= 0.6 is 0 Å². The fourth-order valence-electron chi connectivity index (χ4n) is 2.26. The molecular weight excluding hydrogens is 254 g/mol. The molecule has 1 aromatic carbocycles. The molecule has 0 bridgehead atoms. The maximum absolute atomic E-state index is 11.9. The normalized spacial score (nSPS) is 16.5. The van der Waals surface area contributed by atoms with Crippen LogP contribution in [0.3, 0.4) is 0 Å². The molecule has 1 aliphatic rings. The summed E-state index contributed by atoms with van der Waals surface area (Å²) >= 11 is 0. The van der Waals surface area contributed by atoms with Crippen LogP contribution in [0.1, 0.15) is 36.5 Å². The lowest BCUT2D eigenvalue weighted by Crippen LogP contribution is -2.37. The van der Waals surface area contributed by atoms with Gasteiger partial charge in [-0.05, 0) is 25.3 Å². The van der Waals surface area contributed by atoms with E-state index in [2.05, 4.69) is 5.32 Å². The minimum atomic E-state index is -0.202. The highest BCUT2D eigenvalue weighted by molar-refractivity contribution is 5.79. The Kier molecular flexibility index (Phi) is 5.56. The minimum Gasteiger partial charge on any atom is -0.394 e. The molecule has 0 aliphatic heterocycles. The summed E-state index contributed by atoms with van der Waals surface area (Å²) in [5.41, 5.74) is 2.21. The smallest absolute Gasteiger partial charge is 0.223 e. The molecule has 0 saturated heterocycles. The first kappa shape index (κ1) is 15.0. The first-order chi connectivity index (χ1) is 9.70. The Hall–Kier alpha value is -1.39. The number of benzene rings is 1. The molecule has 0 unspecified atom stereocenters. The Bertz CT molecular complexity index is 426. The number of nitrogens with one attached hydrogen (secondary N) is 1. The summed E-state index contributed by atoms with van der Waals surface area (Å²) in [6.45, 7) is 2.75. The van der Waals surface area contributed by atoms with Crippen LogP contribution in [-0.2, 0) is 9.53 Å². The van der Waals surface area contributed by atoms with Gasteiger partial charge in [-0.1, -0.05) is 36.2 Å². The van der Waals surface area contributed by atoms with Crippen molar-refractivity contribution in [3.8, 4) is 0 Å². The number of aliphatic hydroxyl groups is 1. The molecule has 0 aromatic heterocycles. The molecule has 1 aliphatic carbocycles. The van der Waals surface area contributed by atoms with Crippen LogP contribution in [0, 0.1) is 12.8 Å². The molecule has 4 nitrogen and oxygen atoms in total. The van der Waals surface area contributed by atoms with E-state index in [0.29, 0.717) is 6.54 Å². The zero-order chi connectivity index (χ0) is 14.4. The standard InChI is InChI=1S/C16H23NO3/c1-12-5-7-13(8-6-12)15(20-10-9-18)11-17-16(19)14-3-2-4-14/h5-8,14-15,18H,2-4,9-11H2,1H3,(H,17,19)/t15-/m1/s1. The van der Waals surface area contributed by atoms with Crippen LogP contribution in [0.2, 0.25) is 0 Å². The molecule has 0 heterocycles. The third-order valence-corrected chi connectivity index (χ3v) is 3.80. The predicted molar refractivity (Wildman–Crippen MR) is 77.3 cm³/mol. The van der Waals surface area contributed by atoms with Crippen molar-refractivity contribution in [2.75, 3.05) is 19.8 Å². The molecule has 1 atom stereocenters. The maximum Gasteiger partial charge on any atom is 0.223 e. The van der Waals surface area contributed by atoms with Crippen molar-refractivity contribution in [2.24, 2.45) is 5.92 Å². The molecule has 1 amide bonds. The number of aliphatic hydroxyl groups excluding tert-OH is 1. The van der Waals surface area contributed by atoms with Crippen molar-refractivity contribution < 1.29 is 14.6 Å². The van der Waals surface area contributed by atoms with E-state index in [9.17, 15) is 4.79 Å². The summed E-state index contributed by atoms with van der Waals surface area (Å²) in [6, 6.07) is 8.07. The quantitative estimate of drug-likeness (QED) is 0.801. The van der Waals surface area contributed by atoms with Gasteiger partial charge in [-0.15, -0.1) is 0 Å². The highest BCUT2D eigenvalue weighted by Gasteiger charge is 2.25. The Labute approximate surface area is 120 Å². The summed E-state index contributed by atoms with van der Waals surface area (Å²) in [5, 5.41) is 11.9. The number of rotatable bonds is 7. The number of hydrogen-bond acceptors (Lipinski definition) is 3. The Morgan fingerprint density at radius 1 is 1.40 bits per heavy atom. The Balaban J connectivity index is 1.92. The van der Waals surface area contributed by atoms with Crippen LogP contribution in [0.15, 0.2) is 24.3 Å². The summed E-state index contributed by atoms with van der Waals surface area (Å²) in [6.07, 6.45) is 2.95. The zero-order valence-corrected chi connectivity index (χ0v) is 12.0. The van der Waals surface area contributed by atoms with Crippen molar-refractivity contribution in [2.45, 2.75) is 32.3 Å². The second-order valence-corrected chi connectivity index (χ2v) is 5.37. The largest absolute Gasteiger partial charge is 0.394 e. The second kappa shape index (κ2) is 7.41. The number of carbonyl (C=O) groups excluding carboxylic acids is 1. The molecular formula is C16H23NO3. The van der Waals surface area contributed by atoms with E-state index in [1.54, 1.807) is 0 Å². The monoisotopic (exact) mass is 277 g/mol. The van der Waals surface area contributed by atoms with Crippen molar-refractivity contribution in [1.29, 1.82) is 0 Å². The van der Waals surface area contributed by atoms with E-state index in [0.717, 1.165) is 24.8 Å². The fourth-order valence-corrected chi connectivity index (χ4v) is 2.26. The van der Waals surface area contributed by atoms with Crippen LogP contribution in [0.5, 0.6) is 0 Å². The summed E-state index contributed by atoms with van der Waals surface area (Å²) in [4.78, 5) is 11.9. The maximum atomic E-state index is 11.9. The van der Waals surface area contributed by atoms with Crippen LogP contribution in [0.4, 0.5) is 0 Å². The van der Waals surface area contributed by atoms with Gasteiger partial charge in [-0.2, -0.15) is 0 Å². The molecule has 110 valence electrons. The SMILES string of the molecule is Cc1ccc([C@@H](CNC(=O)C2CCC2)OCCO)cc1. The molecule has 2 rings (SSSR count). The van der Waals surface area contributed by atoms with Crippen LogP contribution in [-0.4, -0.2) is 30.8 Å². The molecule has 20 heavy (non-hydrogen) atoms. The van der Waals surface area contributed by atoms with Gasteiger partial charge >= 0.3 is 0 Å². The molecule has 4 heteroatoms. The lowest BCUT2D eigenvalue weighted by atomic mass is 9.85. The fraction of sp³-hybridized carbons (Fsp3) is 0.562. The number of amides is 1. The first-order valence-corrected chi connectivity index (χ1v) is 7.27. The molecule has 2 N–H and O–H groups in total. The molecule has 0 radical (unpaired) electrons. The van der Waals surface area contributed by atoms with E-state index in [-0.39, 0.29) is 31.1 Å². The van der Waals surface area contributed by atoms with E-state index in [1.165, 1.54) is 5.56 Å². The van der Waals surface area contributed by atoms with Crippen molar-refractivity contribution in [1.82, 2.24) is 5.32 Å². The lowest BCUT2D eigenvalue weighted by molar-refractivity contribution is -0.128. The molecule has 1 aromatic rings. The van der Waals surface area contributed by atoms with Gasteiger partial charge in [0.25, 0.3) is 0 Å². The lowest BCUT2D eigenvalue weighted by Gasteiger charge is -2.26. The second-order valence-electron chi connectivity index (χ2n) is 5.37. The van der Waals surface area contributed by atoms with Gasteiger partial charge in [0, 0.05) is 12.5 Å². The van der Waals surface area contributed by atoms with Gasteiger partial charge in [0.1, 0.15) is 0 Å². The van der Waals surface area contributed by atoms with E-state index in [1.807, 2.05) is 31.2 Å². The number of ether oxygens (including phenoxy) is 1. The number of hydrogen-bond donors (Lipinski definition) is 2.